The number of aryl methyl sites for hydroxylation is 2. The second-order valence-electron chi connectivity index (χ2n) is 8.58. The van der Waals surface area contributed by atoms with Crippen LogP contribution in [0.15, 0.2) is 12.1 Å². The van der Waals surface area contributed by atoms with Gasteiger partial charge in [-0.3, -0.25) is 4.90 Å². The fourth-order valence-electron chi connectivity index (χ4n) is 3.86. The number of carbonyl (C=O) groups is 1. The first-order valence-corrected chi connectivity index (χ1v) is 11.3. The summed E-state index contributed by atoms with van der Waals surface area (Å²) in [5.74, 6) is -0.0939. The number of hydrogen-bond donors (Lipinski definition) is 0. The zero-order valence-corrected chi connectivity index (χ0v) is 20.2. The van der Waals surface area contributed by atoms with E-state index in [1.165, 1.54) is 19.1 Å². The number of aromatic nitrogens is 2. The largest absolute Gasteiger partial charge is 0.444 e. The van der Waals surface area contributed by atoms with Crippen molar-refractivity contribution in [3.63, 3.8) is 0 Å². The third-order valence-corrected chi connectivity index (χ3v) is 6.12. The Hall–Kier alpha value is -1.71. The van der Waals surface area contributed by atoms with Crippen LogP contribution >= 0.6 is 22.6 Å². The Morgan fingerprint density at radius 1 is 1.30 bits per heavy atom. The fourth-order valence-corrected chi connectivity index (χ4v) is 4.79. The number of halogens is 3. The van der Waals surface area contributed by atoms with Gasteiger partial charge in [0.2, 0.25) is 0 Å². The number of fused-ring (bicyclic) bond motifs is 1. The summed E-state index contributed by atoms with van der Waals surface area (Å²) in [6.45, 7) is 10.1. The monoisotopic (exact) mass is 531 g/mol. The molecule has 1 unspecified atom stereocenters. The van der Waals surface area contributed by atoms with Crippen LogP contribution in [0.1, 0.15) is 62.8 Å². The minimum absolute atomic E-state index is 0.0213. The van der Waals surface area contributed by atoms with E-state index in [-0.39, 0.29) is 17.7 Å². The molecule has 3 rings (SSSR count). The lowest BCUT2D eigenvalue weighted by Crippen LogP contribution is -2.45. The summed E-state index contributed by atoms with van der Waals surface area (Å²) in [6.07, 6.45) is 1.27. The maximum absolute atomic E-state index is 14.6. The molecule has 2 heterocycles. The minimum Gasteiger partial charge on any atom is -0.444 e. The zero-order chi connectivity index (χ0) is 22.2. The molecule has 1 aliphatic rings. The highest BCUT2D eigenvalue weighted by Gasteiger charge is 2.37. The SMILES string of the molecule is CCc1nc(I)c2n1CCN(C(=O)OC(C)(C)C)C2CCc1ccc(F)c(C)c1F. The Morgan fingerprint density at radius 3 is 2.63 bits per heavy atom. The van der Waals surface area contributed by atoms with Crippen LogP contribution in [0.25, 0.3) is 0 Å². The summed E-state index contributed by atoms with van der Waals surface area (Å²) in [6, 6.07) is 2.49. The van der Waals surface area contributed by atoms with E-state index in [1.807, 2.05) is 20.8 Å². The van der Waals surface area contributed by atoms with Gasteiger partial charge in [0.1, 0.15) is 26.8 Å². The highest BCUT2D eigenvalue weighted by Crippen LogP contribution is 2.35. The Bertz CT molecular complexity index is 953. The molecule has 1 atom stereocenters. The maximum atomic E-state index is 14.6. The summed E-state index contributed by atoms with van der Waals surface area (Å²) in [5.41, 5.74) is 0.818. The standard InChI is InChI=1S/C22H28F2IN3O2/c1-6-17-26-20(25)19-16(10-8-14-7-9-15(23)13(2)18(14)24)27(11-12-28(17)19)21(29)30-22(3,4)5/h7,9,16H,6,8,10-12H2,1-5H3. The number of amides is 1. The quantitative estimate of drug-likeness (QED) is 0.486. The maximum Gasteiger partial charge on any atom is 0.410 e. The lowest BCUT2D eigenvalue weighted by atomic mass is 9.98. The van der Waals surface area contributed by atoms with Gasteiger partial charge in [-0.25, -0.2) is 18.6 Å². The van der Waals surface area contributed by atoms with Crippen molar-refractivity contribution in [1.29, 1.82) is 0 Å². The van der Waals surface area contributed by atoms with Gasteiger partial charge in [0, 0.05) is 25.1 Å². The van der Waals surface area contributed by atoms with Gasteiger partial charge in [-0.15, -0.1) is 0 Å². The van der Waals surface area contributed by atoms with Gasteiger partial charge in [0.05, 0.1) is 11.7 Å². The van der Waals surface area contributed by atoms with E-state index in [4.69, 9.17) is 4.74 Å². The van der Waals surface area contributed by atoms with E-state index in [0.29, 0.717) is 31.5 Å². The van der Waals surface area contributed by atoms with Crippen LogP contribution in [0.4, 0.5) is 13.6 Å². The number of imidazole rings is 1. The Kier molecular flexibility index (Phi) is 6.74. The van der Waals surface area contributed by atoms with Gasteiger partial charge in [-0.1, -0.05) is 13.0 Å². The van der Waals surface area contributed by atoms with E-state index < -0.39 is 17.2 Å². The molecular weight excluding hydrogens is 503 g/mol. The average molecular weight is 531 g/mol. The molecule has 0 saturated carbocycles. The molecule has 1 amide bonds. The number of hydrogen-bond acceptors (Lipinski definition) is 3. The second kappa shape index (κ2) is 8.80. The van der Waals surface area contributed by atoms with Crippen molar-refractivity contribution in [3.8, 4) is 0 Å². The van der Waals surface area contributed by atoms with Gasteiger partial charge < -0.3 is 9.30 Å². The van der Waals surface area contributed by atoms with Gasteiger partial charge in [-0.05, 0) is 74.8 Å². The second-order valence-corrected chi connectivity index (χ2v) is 9.60. The zero-order valence-electron chi connectivity index (χ0n) is 18.1. The number of nitrogens with zero attached hydrogens (tertiary/aromatic N) is 3. The van der Waals surface area contributed by atoms with E-state index in [9.17, 15) is 13.6 Å². The van der Waals surface area contributed by atoms with Crippen LogP contribution in [0, 0.1) is 22.3 Å². The van der Waals surface area contributed by atoms with Gasteiger partial charge >= 0.3 is 6.09 Å². The summed E-state index contributed by atoms with van der Waals surface area (Å²) in [7, 11) is 0. The molecule has 1 aromatic carbocycles. The number of benzene rings is 1. The van der Waals surface area contributed by atoms with E-state index in [1.54, 1.807) is 4.90 Å². The summed E-state index contributed by atoms with van der Waals surface area (Å²) >= 11 is 2.20. The van der Waals surface area contributed by atoms with Crippen molar-refractivity contribution < 1.29 is 18.3 Å². The third-order valence-electron chi connectivity index (χ3n) is 5.33. The van der Waals surface area contributed by atoms with Crippen LogP contribution in [-0.4, -0.2) is 32.7 Å². The predicted octanol–water partition coefficient (Wildman–Crippen LogP) is 5.56. The molecular formula is C22H28F2IN3O2. The minimum atomic E-state index is -0.610. The molecule has 0 spiro atoms. The molecule has 164 valence electrons. The number of ether oxygens (including phenoxy) is 1. The van der Waals surface area contributed by atoms with Gasteiger partial charge in [0.25, 0.3) is 0 Å². The first-order chi connectivity index (χ1) is 14.0. The van der Waals surface area contributed by atoms with E-state index in [0.717, 1.165) is 21.6 Å². The predicted molar refractivity (Wildman–Crippen MR) is 119 cm³/mol. The van der Waals surface area contributed by atoms with Crippen LogP contribution in [0.2, 0.25) is 0 Å². The topological polar surface area (TPSA) is 47.4 Å². The summed E-state index contributed by atoms with van der Waals surface area (Å²) < 4.78 is 36.9. The summed E-state index contributed by atoms with van der Waals surface area (Å²) in [4.78, 5) is 19.3. The first kappa shape index (κ1) is 23.0. The lowest BCUT2D eigenvalue weighted by Gasteiger charge is -2.38. The first-order valence-electron chi connectivity index (χ1n) is 10.2. The lowest BCUT2D eigenvalue weighted by molar-refractivity contribution is 0.00933. The molecule has 0 bridgehead atoms. The molecule has 0 aliphatic carbocycles. The van der Waals surface area contributed by atoms with E-state index in [2.05, 4.69) is 39.1 Å². The number of rotatable bonds is 4. The number of carbonyl (C=O) groups excluding carboxylic acids is 1. The van der Waals surface area contributed by atoms with Crippen molar-refractivity contribution in [2.24, 2.45) is 0 Å². The van der Waals surface area contributed by atoms with Crippen LogP contribution in [-0.2, 0) is 24.1 Å². The summed E-state index contributed by atoms with van der Waals surface area (Å²) in [5, 5.41) is 0. The smallest absolute Gasteiger partial charge is 0.410 e. The highest BCUT2D eigenvalue weighted by molar-refractivity contribution is 14.1. The molecule has 8 heteroatoms. The van der Waals surface area contributed by atoms with Gasteiger partial charge in [0.15, 0.2) is 0 Å². The molecule has 0 radical (unpaired) electrons. The Balaban J connectivity index is 1.94. The van der Waals surface area contributed by atoms with Crippen molar-refractivity contribution >= 4 is 28.7 Å². The van der Waals surface area contributed by atoms with Gasteiger partial charge in [-0.2, -0.15) is 0 Å². The molecule has 30 heavy (non-hydrogen) atoms. The Morgan fingerprint density at radius 2 is 2.00 bits per heavy atom. The normalized spacial score (nSPS) is 16.5. The van der Waals surface area contributed by atoms with Crippen LogP contribution in [0.3, 0.4) is 0 Å². The fraction of sp³-hybridized carbons (Fsp3) is 0.545. The molecule has 0 fully saturated rings. The van der Waals surface area contributed by atoms with Crippen LogP contribution < -0.4 is 0 Å². The highest BCUT2D eigenvalue weighted by atomic mass is 127. The van der Waals surface area contributed by atoms with Crippen molar-refractivity contribution in [3.05, 3.63) is 50.1 Å². The van der Waals surface area contributed by atoms with Crippen molar-refractivity contribution in [1.82, 2.24) is 14.5 Å². The molecule has 5 nitrogen and oxygen atoms in total. The molecule has 2 aromatic rings. The van der Waals surface area contributed by atoms with E-state index >= 15 is 0 Å². The van der Waals surface area contributed by atoms with Crippen molar-refractivity contribution in [2.75, 3.05) is 6.54 Å². The van der Waals surface area contributed by atoms with Crippen molar-refractivity contribution in [2.45, 2.75) is 72.1 Å². The average Bonchev–Trinajstić information content (AvgIpc) is 3.00. The molecule has 0 saturated heterocycles. The van der Waals surface area contributed by atoms with Crippen LogP contribution in [0.5, 0.6) is 0 Å². The Labute approximate surface area is 189 Å². The molecule has 1 aromatic heterocycles. The molecule has 0 N–H and O–H groups in total. The third kappa shape index (κ3) is 4.63. The molecule has 1 aliphatic heterocycles.